The summed E-state index contributed by atoms with van der Waals surface area (Å²) < 4.78 is 10.5. The Balaban J connectivity index is 2.14. The summed E-state index contributed by atoms with van der Waals surface area (Å²) in [5.74, 6) is 1.63. The molecule has 2 rings (SSSR count). The van der Waals surface area contributed by atoms with Crippen LogP contribution in [-0.2, 0) is 9.47 Å². The first-order valence-corrected chi connectivity index (χ1v) is 5.06. The largest absolute Gasteiger partial charge is 0.380 e. The molecule has 2 unspecified atom stereocenters. The molecule has 2 heteroatoms. The zero-order valence-electron chi connectivity index (χ0n) is 8.51. The third kappa shape index (κ3) is 1.53. The molecule has 2 aliphatic rings. The maximum Gasteiger partial charge on any atom is 0.0679 e. The molecule has 13 heavy (non-hydrogen) atoms. The molecule has 2 bridgehead atoms. The van der Waals surface area contributed by atoms with E-state index in [0.717, 1.165) is 25.0 Å². The van der Waals surface area contributed by atoms with E-state index in [2.05, 4.69) is 0 Å². The number of hydrogen-bond donors (Lipinski definition) is 0. The van der Waals surface area contributed by atoms with Crippen LogP contribution in [0.25, 0.3) is 0 Å². The lowest BCUT2D eigenvalue weighted by Gasteiger charge is -2.18. The van der Waals surface area contributed by atoms with Crippen molar-refractivity contribution in [2.45, 2.75) is 19.3 Å². The molecule has 0 heterocycles. The quantitative estimate of drug-likeness (QED) is 0.619. The summed E-state index contributed by atoms with van der Waals surface area (Å²) in [5.41, 5.74) is 3.08. The SMILES string of the molecule is COCC1=C(COC)C2CCC1C2. The molecular formula is C11H18O2. The van der Waals surface area contributed by atoms with Gasteiger partial charge in [-0.3, -0.25) is 0 Å². The molecule has 0 aromatic carbocycles. The molecule has 0 N–H and O–H groups in total. The van der Waals surface area contributed by atoms with E-state index in [4.69, 9.17) is 9.47 Å². The molecule has 0 aliphatic heterocycles. The lowest BCUT2D eigenvalue weighted by atomic mass is 9.92. The predicted octanol–water partition coefficient (Wildman–Crippen LogP) is 2.01. The first-order chi connectivity index (χ1) is 6.36. The highest BCUT2D eigenvalue weighted by Crippen LogP contribution is 2.48. The van der Waals surface area contributed by atoms with Crippen molar-refractivity contribution in [3.8, 4) is 0 Å². The highest BCUT2D eigenvalue weighted by molar-refractivity contribution is 5.30. The molecule has 0 spiro atoms. The van der Waals surface area contributed by atoms with Crippen LogP contribution >= 0.6 is 0 Å². The standard InChI is InChI=1S/C11H18O2/c1-12-6-10-8-3-4-9(5-8)11(10)7-13-2/h8-9H,3-7H2,1-2H3. The molecule has 0 aromatic heterocycles. The Kier molecular flexibility index (Phi) is 2.70. The van der Waals surface area contributed by atoms with E-state index in [-0.39, 0.29) is 0 Å². The van der Waals surface area contributed by atoms with Gasteiger partial charge in [-0.15, -0.1) is 0 Å². The summed E-state index contributed by atoms with van der Waals surface area (Å²) in [6.07, 6.45) is 4.10. The summed E-state index contributed by atoms with van der Waals surface area (Å²) in [7, 11) is 3.56. The smallest absolute Gasteiger partial charge is 0.0679 e. The molecule has 0 amide bonds. The summed E-state index contributed by atoms with van der Waals surface area (Å²) >= 11 is 0. The Hall–Kier alpha value is -0.340. The van der Waals surface area contributed by atoms with Gasteiger partial charge in [0, 0.05) is 14.2 Å². The lowest BCUT2D eigenvalue weighted by Crippen LogP contribution is -2.11. The van der Waals surface area contributed by atoms with Crippen LogP contribution in [0.3, 0.4) is 0 Å². The van der Waals surface area contributed by atoms with Crippen LogP contribution in [0, 0.1) is 11.8 Å². The zero-order chi connectivity index (χ0) is 9.26. The predicted molar refractivity (Wildman–Crippen MR) is 51.6 cm³/mol. The number of rotatable bonds is 4. The monoisotopic (exact) mass is 182 g/mol. The Bertz CT molecular complexity index is 198. The highest BCUT2D eigenvalue weighted by atomic mass is 16.5. The third-order valence-corrected chi connectivity index (χ3v) is 3.43. The molecule has 1 fully saturated rings. The van der Waals surface area contributed by atoms with Gasteiger partial charge in [0.25, 0.3) is 0 Å². The van der Waals surface area contributed by atoms with E-state index in [1.165, 1.54) is 19.3 Å². The maximum atomic E-state index is 5.24. The van der Waals surface area contributed by atoms with Crippen molar-refractivity contribution in [3.63, 3.8) is 0 Å². The van der Waals surface area contributed by atoms with Crippen molar-refractivity contribution in [1.29, 1.82) is 0 Å². The van der Waals surface area contributed by atoms with Crippen LogP contribution in [0.5, 0.6) is 0 Å². The minimum Gasteiger partial charge on any atom is -0.380 e. The Morgan fingerprint density at radius 2 is 1.46 bits per heavy atom. The van der Waals surface area contributed by atoms with Gasteiger partial charge in [-0.25, -0.2) is 0 Å². The molecule has 1 saturated carbocycles. The van der Waals surface area contributed by atoms with E-state index in [0.29, 0.717) is 0 Å². The van der Waals surface area contributed by atoms with E-state index >= 15 is 0 Å². The zero-order valence-corrected chi connectivity index (χ0v) is 8.51. The van der Waals surface area contributed by atoms with Crippen LogP contribution in [0.1, 0.15) is 19.3 Å². The first kappa shape index (κ1) is 9.22. The number of fused-ring (bicyclic) bond motifs is 2. The van der Waals surface area contributed by atoms with Crippen molar-refractivity contribution in [2.24, 2.45) is 11.8 Å². The van der Waals surface area contributed by atoms with Crippen LogP contribution < -0.4 is 0 Å². The number of methoxy groups -OCH3 is 2. The number of ether oxygens (including phenoxy) is 2. The van der Waals surface area contributed by atoms with Gasteiger partial charge < -0.3 is 9.47 Å². The summed E-state index contributed by atoms with van der Waals surface area (Å²) in [6, 6.07) is 0. The highest BCUT2D eigenvalue weighted by Gasteiger charge is 2.38. The van der Waals surface area contributed by atoms with Crippen molar-refractivity contribution < 1.29 is 9.47 Å². The van der Waals surface area contributed by atoms with E-state index in [9.17, 15) is 0 Å². The Morgan fingerprint density at radius 3 is 1.85 bits per heavy atom. The lowest BCUT2D eigenvalue weighted by molar-refractivity contribution is 0.201. The van der Waals surface area contributed by atoms with Crippen molar-refractivity contribution in [3.05, 3.63) is 11.1 Å². The van der Waals surface area contributed by atoms with E-state index in [1.54, 1.807) is 25.4 Å². The second kappa shape index (κ2) is 3.81. The fourth-order valence-corrected chi connectivity index (χ4v) is 2.87. The Morgan fingerprint density at radius 1 is 1.00 bits per heavy atom. The minimum absolute atomic E-state index is 0.815. The van der Waals surface area contributed by atoms with Crippen LogP contribution in [0.2, 0.25) is 0 Å². The van der Waals surface area contributed by atoms with Crippen molar-refractivity contribution in [1.82, 2.24) is 0 Å². The average molecular weight is 182 g/mol. The molecule has 0 saturated heterocycles. The second-order valence-electron chi connectivity index (χ2n) is 4.12. The minimum atomic E-state index is 0.815. The van der Waals surface area contributed by atoms with Crippen molar-refractivity contribution in [2.75, 3.05) is 27.4 Å². The van der Waals surface area contributed by atoms with Crippen molar-refractivity contribution >= 4 is 0 Å². The van der Waals surface area contributed by atoms with Crippen LogP contribution in [0.4, 0.5) is 0 Å². The molecule has 0 aromatic rings. The Labute approximate surface area is 79.9 Å². The third-order valence-electron chi connectivity index (χ3n) is 3.43. The molecule has 74 valence electrons. The van der Waals surface area contributed by atoms with E-state index in [1.807, 2.05) is 0 Å². The van der Waals surface area contributed by atoms with Gasteiger partial charge in [0.1, 0.15) is 0 Å². The van der Waals surface area contributed by atoms with Gasteiger partial charge in [0.05, 0.1) is 13.2 Å². The first-order valence-electron chi connectivity index (χ1n) is 5.06. The molecule has 0 radical (unpaired) electrons. The average Bonchev–Trinajstić information content (AvgIpc) is 2.69. The molecule has 2 aliphatic carbocycles. The second-order valence-corrected chi connectivity index (χ2v) is 4.12. The van der Waals surface area contributed by atoms with Gasteiger partial charge in [-0.05, 0) is 42.2 Å². The summed E-state index contributed by atoms with van der Waals surface area (Å²) in [6.45, 7) is 1.64. The fraction of sp³-hybridized carbons (Fsp3) is 0.818. The molecule has 2 nitrogen and oxygen atoms in total. The maximum absolute atomic E-state index is 5.24. The van der Waals surface area contributed by atoms with Gasteiger partial charge in [0.15, 0.2) is 0 Å². The van der Waals surface area contributed by atoms with Gasteiger partial charge >= 0.3 is 0 Å². The normalized spacial score (nSPS) is 31.8. The summed E-state index contributed by atoms with van der Waals surface area (Å²) in [4.78, 5) is 0. The van der Waals surface area contributed by atoms with Gasteiger partial charge in [-0.2, -0.15) is 0 Å². The topological polar surface area (TPSA) is 18.5 Å². The fourth-order valence-electron chi connectivity index (χ4n) is 2.87. The van der Waals surface area contributed by atoms with Gasteiger partial charge in [0.2, 0.25) is 0 Å². The van der Waals surface area contributed by atoms with E-state index < -0.39 is 0 Å². The van der Waals surface area contributed by atoms with Crippen LogP contribution in [-0.4, -0.2) is 27.4 Å². The number of hydrogen-bond acceptors (Lipinski definition) is 2. The summed E-state index contributed by atoms with van der Waals surface area (Å²) in [5, 5.41) is 0. The van der Waals surface area contributed by atoms with Crippen LogP contribution in [0.15, 0.2) is 11.1 Å². The van der Waals surface area contributed by atoms with Gasteiger partial charge in [-0.1, -0.05) is 0 Å². The molecular weight excluding hydrogens is 164 g/mol. The molecule has 2 atom stereocenters.